The van der Waals surface area contributed by atoms with E-state index in [1.807, 2.05) is 32.0 Å². The van der Waals surface area contributed by atoms with Gasteiger partial charge in [0.15, 0.2) is 5.60 Å². The third-order valence-corrected chi connectivity index (χ3v) is 4.26. The van der Waals surface area contributed by atoms with Crippen molar-refractivity contribution >= 4 is 18.4 Å². The predicted molar refractivity (Wildman–Crippen MR) is 93.6 cm³/mol. The van der Waals surface area contributed by atoms with E-state index in [0.29, 0.717) is 5.56 Å². The first-order chi connectivity index (χ1) is 10.4. The maximum Gasteiger partial charge on any atom is 0.343 e. The highest BCUT2D eigenvalue weighted by atomic mass is 35.5. The van der Waals surface area contributed by atoms with E-state index in [1.165, 1.54) is 0 Å². The second-order valence-corrected chi connectivity index (χ2v) is 6.24. The van der Waals surface area contributed by atoms with Crippen molar-refractivity contribution in [2.75, 3.05) is 26.7 Å². The summed E-state index contributed by atoms with van der Waals surface area (Å²) in [6.45, 7) is 5.75. The van der Waals surface area contributed by atoms with Gasteiger partial charge < -0.3 is 14.7 Å². The van der Waals surface area contributed by atoms with Crippen LogP contribution in [0.4, 0.5) is 0 Å². The number of carbonyl (C=O) groups excluding carboxylic acids is 1. The second kappa shape index (κ2) is 8.48. The van der Waals surface area contributed by atoms with Crippen molar-refractivity contribution in [3.8, 4) is 0 Å². The fraction of sp³-hybridized carbons (Fsp3) is 0.500. The van der Waals surface area contributed by atoms with Gasteiger partial charge in [0.1, 0.15) is 6.61 Å². The van der Waals surface area contributed by atoms with Crippen LogP contribution in [0, 0.1) is 5.92 Å². The Morgan fingerprint density at radius 2 is 2.00 bits per heavy atom. The molecule has 0 spiro atoms. The van der Waals surface area contributed by atoms with E-state index in [9.17, 15) is 9.90 Å². The molecule has 0 saturated carbocycles. The van der Waals surface area contributed by atoms with Gasteiger partial charge in [-0.2, -0.15) is 0 Å². The van der Waals surface area contributed by atoms with Crippen LogP contribution in [-0.4, -0.2) is 42.7 Å². The molecule has 0 saturated heterocycles. The lowest BCUT2D eigenvalue weighted by atomic mass is 9.83. The van der Waals surface area contributed by atoms with Gasteiger partial charge in [0.05, 0.1) is 0 Å². The van der Waals surface area contributed by atoms with E-state index in [1.54, 1.807) is 12.1 Å². The van der Waals surface area contributed by atoms with Gasteiger partial charge in [-0.1, -0.05) is 50.3 Å². The van der Waals surface area contributed by atoms with Crippen LogP contribution < -0.4 is 0 Å². The number of rotatable bonds is 5. The number of carbonyl (C=O) groups is 1. The maximum absolute atomic E-state index is 12.5. The van der Waals surface area contributed by atoms with E-state index in [2.05, 4.69) is 18.0 Å². The zero-order valence-corrected chi connectivity index (χ0v) is 14.8. The standard InChI is InChI=1S/C18H25NO3.ClH/c1-14(2)18(21,16-7-5-4-6-8-16)17(20)22-13-15-9-11-19(3)12-10-15;/h4-9,14,21H,10-13H2,1-3H3;1H. The van der Waals surface area contributed by atoms with E-state index >= 15 is 0 Å². The topological polar surface area (TPSA) is 49.8 Å². The highest BCUT2D eigenvalue weighted by Crippen LogP contribution is 2.31. The number of likely N-dealkylation sites (N-methyl/N-ethyl adjacent to an activating group) is 1. The summed E-state index contributed by atoms with van der Waals surface area (Å²) in [5.41, 5.74) is 0.0887. The van der Waals surface area contributed by atoms with Crippen LogP contribution in [0.5, 0.6) is 0 Å². The third kappa shape index (κ3) is 4.56. The molecular formula is C18H26ClNO3. The van der Waals surface area contributed by atoms with E-state index in [4.69, 9.17) is 4.74 Å². The van der Waals surface area contributed by atoms with Crippen molar-refractivity contribution < 1.29 is 14.6 Å². The van der Waals surface area contributed by atoms with Gasteiger partial charge in [-0.25, -0.2) is 4.79 Å². The molecule has 0 amide bonds. The second-order valence-electron chi connectivity index (χ2n) is 6.24. The number of hydrogen-bond donors (Lipinski definition) is 1. The summed E-state index contributed by atoms with van der Waals surface area (Å²) in [7, 11) is 2.06. The summed E-state index contributed by atoms with van der Waals surface area (Å²) < 4.78 is 5.42. The molecule has 0 fully saturated rings. The minimum atomic E-state index is -1.60. The molecule has 1 aliphatic rings. The van der Waals surface area contributed by atoms with Crippen molar-refractivity contribution in [2.45, 2.75) is 25.9 Å². The lowest BCUT2D eigenvalue weighted by molar-refractivity contribution is -0.171. The molecule has 23 heavy (non-hydrogen) atoms. The van der Waals surface area contributed by atoms with Crippen LogP contribution in [0.2, 0.25) is 0 Å². The molecule has 1 aliphatic heterocycles. The number of benzene rings is 1. The molecule has 0 aromatic heterocycles. The zero-order valence-electron chi connectivity index (χ0n) is 14.0. The van der Waals surface area contributed by atoms with Gasteiger partial charge in [-0.15, -0.1) is 12.4 Å². The summed E-state index contributed by atoms with van der Waals surface area (Å²) in [4.78, 5) is 14.7. The number of ether oxygens (including phenoxy) is 1. The highest BCUT2D eigenvalue weighted by Gasteiger charge is 2.42. The minimum absolute atomic E-state index is 0. The third-order valence-electron chi connectivity index (χ3n) is 4.26. The van der Waals surface area contributed by atoms with Crippen molar-refractivity contribution in [3.63, 3.8) is 0 Å². The Bertz CT molecular complexity index is 544. The van der Waals surface area contributed by atoms with Gasteiger partial charge in [-0.3, -0.25) is 0 Å². The summed E-state index contributed by atoms with van der Waals surface area (Å²) in [6, 6.07) is 9.01. The van der Waals surface area contributed by atoms with E-state index in [-0.39, 0.29) is 24.9 Å². The van der Waals surface area contributed by atoms with Crippen LogP contribution in [0.3, 0.4) is 0 Å². The first-order valence-electron chi connectivity index (χ1n) is 7.76. The molecule has 0 aliphatic carbocycles. The van der Waals surface area contributed by atoms with Gasteiger partial charge in [-0.05, 0) is 30.5 Å². The molecule has 4 nitrogen and oxygen atoms in total. The van der Waals surface area contributed by atoms with Crippen LogP contribution in [0.1, 0.15) is 25.8 Å². The molecule has 1 atom stereocenters. The lowest BCUT2D eigenvalue weighted by Gasteiger charge is -2.30. The fourth-order valence-corrected chi connectivity index (χ4v) is 2.59. The lowest BCUT2D eigenvalue weighted by Crippen LogP contribution is -2.42. The van der Waals surface area contributed by atoms with Gasteiger partial charge in [0.2, 0.25) is 0 Å². The average molecular weight is 340 g/mol. The Hall–Kier alpha value is -1.36. The molecule has 1 aromatic carbocycles. The van der Waals surface area contributed by atoms with Crippen LogP contribution >= 0.6 is 12.4 Å². The Balaban J connectivity index is 0.00000264. The fourth-order valence-electron chi connectivity index (χ4n) is 2.59. The summed E-state index contributed by atoms with van der Waals surface area (Å²) in [6.07, 6.45) is 2.99. The first kappa shape index (κ1) is 19.7. The smallest absolute Gasteiger partial charge is 0.343 e. The number of esters is 1. The van der Waals surface area contributed by atoms with Crippen molar-refractivity contribution in [1.82, 2.24) is 4.90 Å². The minimum Gasteiger partial charge on any atom is -0.459 e. The predicted octanol–water partition coefficient (Wildman–Crippen LogP) is 2.76. The Kier molecular flexibility index (Phi) is 7.26. The summed E-state index contributed by atoms with van der Waals surface area (Å²) >= 11 is 0. The van der Waals surface area contributed by atoms with Crippen LogP contribution in [0.25, 0.3) is 0 Å². The Morgan fingerprint density at radius 1 is 1.35 bits per heavy atom. The summed E-state index contributed by atoms with van der Waals surface area (Å²) in [5.74, 6) is -0.845. The van der Waals surface area contributed by atoms with Crippen molar-refractivity contribution in [3.05, 3.63) is 47.5 Å². The quantitative estimate of drug-likeness (QED) is 0.662. The maximum atomic E-state index is 12.5. The molecule has 1 unspecified atom stereocenters. The SMILES string of the molecule is CC(C)C(O)(C(=O)OCC1=CCN(C)CC1)c1ccccc1.Cl. The zero-order chi connectivity index (χ0) is 16.2. The van der Waals surface area contributed by atoms with E-state index in [0.717, 1.165) is 25.1 Å². The largest absolute Gasteiger partial charge is 0.459 e. The van der Waals surface area contributed by atoms with Gasteiger partial charge in [0, 0.05) is 13.1 Å². The van der Waals surface area contributed by atoms with Gasteiger partial charge >= 0.3 is 5.97 Å². The first-order valence-corrected chi connectivity index (χ1v) is 7.76. The van der Waals surface area contributed by atoms with Crippen molar-refractivity contribution in [2.24, 2.45) is 5.92 Å². The molecule has 2 rings (SSSR count). The van der Waals surface area contributed by atoms with Crippen molar-refractivity contribution in [1.29, 1.82) is 0 Å². The molecule has 1 N–H and O–H groups in total. The molecule has 5 heteroatoms. The molecular weight excluding hydrogens is 314 g/mol. The van der Waals surface area contributed by atoms with E-state index < -0.39 is 11.6 Å². The number of aliphatic hydroxyl groups is 1. The molecule has 1 aromatic rings. The molecule has 128 valence electrons. The highest BCUT2D eigenvalue weighted by molar-refractivity contribution is 5.85. The normalized spacial score (nSPS) is 17.9. The van der Waals surface area contributed by atoms with Crippen LogP contribution in [-0.2, 0) is 15.1 Å². The number of halogens is 1. The number of nitrogens with zero attached hydrogens (tertiary/aromatic N) is 1. The molecule has 1 heterocycles. The number of hydrogen-bond acceptors (Lipinski definition) is 4. The molecule has 0 radical (unpaired) electrons. The van der Waals surface area contributed by atoms with Crippen LogP contribution in [0.15, 0.2) is 42.0 Å². The molecule has 0 bridgehead atoms. The Labute approximate surface area is 144 Å². The monoisotopic (exact) mass is 339 g/mol. The Morgan fingerprint density at radius 3 is 2.52 bits per heavy atom. The average Bonchev–Trinajstić information content (AvgIpc) is 2.53. The van der Waals surface area contributed by atoms with Gasteiger partial charge in [0.25, 0.3) is 0 Å². The summed E-state index contributed by atoms with van der Waals surface area (Å²) in [5, 5.41) is 10.9.